The molecule has 0 spiro atoms. The van der Waals surface area contributed by atoms with Gasteiger partial charge in [-0.3, -0.25) is 4.98 Å². The monoisotopic (exact) mass is 332 g/mol. The fourth-order valence-electron chi connectivity index (χ4n) is 1.26. The van der Waals surface area contributed by atoms with Gasteiger partial charge in [0.15, 0.2) is 0 Å². The van der Waals surface area contributed by atoms with E-state index in [1.807, 2.05) is 6.07 Å². The molecule has 0 saturated heterocycles. The van der Waals surface area contributed by atoms with Gasteiger partial charge < -0.3 is 0 Å². The normalized spacial score (nSPS) is 10.3. The summed E-state index contributed by atoms with van der Waals surface area (Å²) in [5.41, 5.74) is 0.726. The summed E-state index contributed by atoms with van der Waals surface area (Å²) in [5, 5.41) is 9.50. The van der Waals surface area contributed by atoms with E-state index < -0.39 is 5.82 Å². The van der Waals surface area contributed by atoms with Crippen molar-refractivity contribution in [1.82, 2.24) is 4.98 Å². The van der Waals surface area contributed by atoms with E-state index in [-0.39, 0.29) is 5.56 Å². The highest BCUT2D eigenvalue weighted by Gasteiger charge is 2.11. The van der Waals surface area contributed by atoms with Gasteiger partial charge in [0.1, 0.15) is 11.9 Å². The van der Waals surface area contributed by atoms with Crippen molar-refractivity contribution in [3.8, 4) is 6.07 Å². The number of fused-ring (bicyclic) bond motifs is 1. The molecule has 0 saturated carbocycles. The Morgan fingerprint density at radius 2 is 2.20 bits per heavy atom. The molecule has 0 aliphatic carbocycles. The van der Waals surface area contributed by atoms with Crippen LogP contribution in [-0.4, -0.2) is 4.98 Å². The van der Waals surface area contributed by atoms with Gasteiger partial charge in [0.25, 0.3) is 0 Å². The molecule has 0 amide bonds. The van der Waals surface area contributed by atoms with Crippen molar-refractivity contribution in [2.24, 2.45) is 0 Å². The summed E-state index contributed by atoms with van der Waals surface area (Å²) in [6, 6.07) is 4.98. The second-order valence-corrected chi connectivity index (χ2v) is 4.40. The number of nitrogens with zero attached hydrogens (tertiary/aromatic N) is 2. The Bertz CT molecular complexity index is 592. The Hall–Kier alpha value is -0.930. The lowest BCUT2D eigenvalue weighted by Crippen LogP contribution is -1.92. The predicted octanol–water partition coefficient (Wildman–Crippen LogP) is 3.50. The van der Waals surface area contributed by atoms with Crippen molar-refractivity contribution in [2.75, 3.05) is 0 Å². The van der Waals surface area contributed by atoms with Crippen molar-refractivity contribution in [3.63, 3.8) is 0 Å². The van der Waals surface area contributed by atoms with Crippen molar-refractivity contribution in [3.05, 3.63) is 38.3 Å². The van der Waals surface area contributed by atoms with Gasteiger partial charge in [-0.2, -0.15) is 5.26 Å². The van der Waals surface area contributed by atoms with E-state index in [0.717, 1.165) is 0 Å². The van der Waals surface area contributed by atoms with Crippen LogP contribution in [0, 0.1) is 20.7 Å². The molecule has 2 rings (SSSR count). The van der Waals surface area contributed by atoms with Crippen molar-refractivity contribution in [1.29, 1.82) is 5.26 Å². The molecule has 0 radical (unpaired) electrons. The third-order valence-corrected chi connectivity index (χ3v) is 3.21. The highest BCUT2D eigenvalue weighted by Crippen LogP contribution is 2.26. The minimum atomic E-state index is -0.445. The number of hydrogen-bond acceptors (Lipinski definition) is 2. The molecule has 1 heterocycles. The molecule has 5 heteroatoms. The third kappa shape index (κ3) is 1.77. The standard InChI is InChI=1S/C10H3ClFIN2/c11-6-2-7-8(15-4-6)1-5(3-14)10(13)9(7)12/h1-2,4H. The molecule has 15 heavy (non-hydrogen) atoms. The SMILES string of the molecule is N#Cc1cc2ncc(Cl)cc2c(F)c1I. The van der Waals surface area contributed by atoms with E-state index >= 15 is 0 Å². The minimum absolute atomic E-state index is 0.287. The van der Waals surface area contributed by atoms with Crippen LogP contribution < -0.4 is 0 Å². The Kier molecular flexibility index (Phi) is 2.76. The van der Waals surface area contributed by atoms with Gasteiger partial charge >= 0.3 is 0 Å². The lowest BCUT2D eigenvalue weighted by Gasteiger charge is -2.03. The molecule has 0 fully saturated rings. The zero-order valence-corrected chi connectivity index (χ0v) is 10.2. The lowest BCUT2D eigenvalue weighted by molar-refractivity contribution is 0.631. The number of nitriles is 1. The van der Waals surface area contributed by atoms with Gasteiger partial charge in [-0.25, -0.2) is 4.39 Å². The summed E-state index contributed by atoms with van der Waals surface area (Å²) in [7, 11) is 0. The lowest BCUT2D eigenvalue weighted by atomic mass is 10.1. The van der Waals surface area contributed by atoms with Crippen molar-refractivity contribution in [2.45, 2.75) is 0 Å². The first kappa shape index (κ1) is 10.6. The molecule has 2 nitrogen and oxygen atoms in total. The maximum absolute atomic E-state index is 13.8. The summed E-state index contributed by atoms with van der Waals surface area (Å²) in [6.07, 6.45) is 1.43. The molecular weight excluding hydrogens is 329 g/mol. The molecule has 0 aliphatic heterocycles. The molecule has 2 aromatic rings. The van der Waals surface area contributed by atoms with Crippen LogP contribution in [0.3, 0.4) is 0 Å². The summed E-state index contributed by atoms with van der Waals surface area (Å²) < 4.78 is 14.1. The summed E-state index contributed by atoms with van der Waals surface area (Å²) >= 11 is 7.52. The molecule has 0 N–H and O–H groups in total. The summed E-state index contributed by atoms with van der Waals surface area (Å²) in [6.45, 7) is 0. The molecule has 74 valence electrons. The van der Waals surface area contributed by atoms with Crippen LogP contribution in [0.4, 0.5) is 4.39 Å². The maximum atomic E-state index is 13.8. The summed E-state index contributed by atoms with van der Waals surface area (Å²) in [4.78, 5) is 3.96. The van der Waals surface area contributed by atoms with Crippen LogP contribution >= 0.6 is 34.2 Å². The van der Waals surface area contributed by atoms with E-state index in [9.17, 15) is 4.39 Å². The molecule has 0 atom stereocenters. The molecule has 0 bridgehead atoms. The second kappa shape index (κ2) is 3.91. The summed E-state index contributed by atoms with van der Waals surface area (Å²) in [5.74, 6) is -0.445. The van der Waals surface area contributed by atoms with E-state index in [1.165, 1.54) is 12.3 Å². The Morgan fingerprint density at radius 3 is 2.87 bits per heavy atom. The van der Waals surface area contributed by atoms with Gasteiger partial charge in [0.05, 0.1) is 19.7 Å². The highest BCUT2D eigenvalue weighted by atomic mass is 127. The van der Waals surface area contributed by atoms with Crippen LogP contribution in [0.5, 0.6) is 0 Å². The Morgan fingerprint density at radius 1 is 1.47 bits per heavy atom. The van der Waals surface area contributed by atoms with Crippen LogP contribution in [0.15, 0.2) is 18.3 Å². The van der Waals surface area contributed by atoms with Gasteiger partial charge in [-0.1, -0.05) is 11.6 Å². The van der Waals surface area contributed by atoms with Crippen LogP contribution in [0.2, 0.25) is 5.02 Å². The topological polar surface area (TPSA) is 36.7 Å². The zero-order chi connectivity index (χ0) is 11.0. The fourth-order valence-corrected chi connectivity index (χ4v) is 1.98. The van der Waals surface area contributed by atoms with E-state index in [4.69, 9.17) is 16.9 Å². The largest absolute Gasteiger partial charge is 0.255 e. The van der Waals surface area contributed by atoms with Gasteiger partial charge in [-0.05, 0) is 34.7 Å². The van der Waals surface area contributed by atoms with Crippen LogP contribution in [0.1, 0.15) is 5.56 Å². The highest BCUT2D eigenvalue weighted by molar-refractivity contribution is 14.1. The fraction of sp³-hybridized carbons (Fsp3) is 0. The number of pyridine rings is 1. The number of rotatable bonds is 0. The number of hydrogen-bond donors (Lipinski definition) is 0. The average Bonchev–Trinajstić information content (AvgIpc) is 2.24. The van der Waals surface area contributed by atoms with Crippen molar-refractivity contribution < 1.29 is 4.39 Å². The Labute approximate surface area is 104 Å². The molecule has 0 unspecified atom stereocenters. The minimum Gasteiger partial charge on any atom is -0.255 e. The van der Waals surface area contributed by atoms with Crippen molar-refractivity contribution >= 4 is 45.1 Å². The first-order valence-electron chi connectivity index (χ1n) is 3.97. The van der Waals surface area contributed by atoms with Crippen LogP contribution in [-0.2, 0) is 0 Å². The third-order valence-electron chi connectivity index (χ3n) is 1.95. The smallest absolute Gasteiger partial charge is 0.147 e. The van der Waals surface area contributed by atoms with E-state index in [2.05, 4.69) is 4.98 Å². The van der Waals surface area contributed by atoms with Gasteiger partial charge in [0.2, 0.25) is 0 Å². The number of halogens is 3. The maximum Gasteiger partial charge on any atom is 0.147 e. The Balaban J connectivity index is 2.92. The van der Waals surface area contributed by atoms with Gasteiger partial charge in [-0.15, -0.1) is 0 Å². The molecule has 1 aromatic carbocycles. The molecule has 1 aromatic heterocycles. The molecular formula is C10H3ClFIN2. The van der Waals surface area contributed by atoms with E-state index in [0.29, 0.717) is 19.5 Å². The molecule has 0 aliphatic rings. The zero-order valence-electron chi connectivity index (χ0n) is 7.26. The quantitative estimate of drug-likeness (QED) is 0.692. The van der Waals surface area contributed by atoms with Gasteiger partial charge in [0, 0.05) is 11.6 Å². The first-order valence-corrected chi connectivity index (χ1v) is 5.42. The van der Waals surface area contributed by atoms with Crippen LogP contribution in [0.25, 0.3) is 10.9 Å². The first-order chi connectivity index (χ1) is 7.13. The second-order valence-electron chi connectivity index (χ2n) is 2.88. The van der Waals surface area contributed by atoms with E-state index in [1.54, 1.807) is 28.7 Å². The predicted molar refractivity (Wildman–Crippen MR) is 64.1 cm³/mol. The number of aromatic nitrogens is 1. The average molecular weight is 333 g/mol. The number of benzene rings is 1.